The van der Waals surface area contributed by atoms with Gasteiger partial charge in [-0.15, -0.1) is 0 Å². The zero-order chi connectivity index (χ0) is 21.8. The van der Waals surface area contributed by atoms with Gasteiger partial charge in [0.15, 0.2) is 5.88 Å². The van der Waals surface area contributed by atoms with E-state index in [9.17, 15) is 4.39 Å². The maximum absolute atomic E-state index is 13.3. The summed E-state index contributed by atoms with van der Waals surface area (Å²) < 4.78 is 19.5. The molecule has 162 valence electrons. The van der Waals surface area contributed by atoms with Crippen molar-refractivity contribution in [1.82, 2.24) is 10.3 Å². The lowest BCUT2D eigenvalue weighted by molar-refractivity contribution is 0.186. The van der Waals surface area contributed by atoms with Gasteiger partial charge in [-0.1, -0.05) is 18.7 Å². The molecule has 3 aliphatic rings. The minimum absolute atomic E-state index is 0.248. The number of anilines is 1. The first-order valence-corrected chi connectivity index (χ1v) is 11.2. The van der Waals surface area contributed by atoms with Crippen LogP contribution in [0.1, 0.15) is 62.9 Å². The molecule has 31 heavy (non-hydrogen) atoms. The Morgan fingerprint density at radius 2 is 1.97 bits per heavy atom. The minimum Gasteiger partial charge on any atom is -0.476 e. The van der Waals surface area contributed by atoms with Crippen molar-refractivity contribution in [2.75, 3.05) is 11.4 Å². The Kier molecular flexibility index (Phi) is 4.80. The van der Waals surface area contributed by atoms with E-state index in [1.165, 1.54) is 29.9 Å². The smallest absolute Gasteiger partial charge is 0.189 e. The number of aromatic nitrogens is 1. The number of allylic oxidation sites excluding steroid dienone is 1. The van der Waals surface area contributed by atoms with Gasteiger partial charge >= 0.3 is 0 Å². The molecule has 2 heterocycles. The van der Waals surface area contributed by atoms with Crippen molar-refractivity contribution in [2.24, 2.45) is 5.92 Å². The summed E-state index contributed by atoms with van der Waals surface area (Å²) in [4.78, 5) is 7.46. The molecule has 5 heteroatoms. The Bertz CT molecular complexity index is 1040. The SMILES string of the molecule is C=C(NC(C)(C)c1ccc2c(n1)C1CC1CN2/C(=C\C)OC1CC1)c1ccc(F)cc1. The van der Waals surface area contributed by atoms with Gasteiger partial charge in [-0.05, 0) is 81.9 Å². The highest BCUT2D eigenvalue weighted by molar-refractivity contribution is 5.63. The molecule has 0 amide bonds. The number of hydrogen-bond donors (Lipinski definition) is 1. The Labute approximate surface area is 183 Å². The molecule has 4 nitrogen and oxygen atoms in total. The Morgan fingerprint density at radius 3 is 2.65 bits per heavy atom. The molecule has 5 rings (SSSR count). The largest absolute Gasteiger partial charge is 0.476 e. The van der Waals surface area contributed by atoms with Crippen LogP contribution in [0.4, 0.5) is 10.1 Å². The molecule has 0 bridgehead atoms. The highest BCUT2D eigenvalue weighted by Crippen LogP contribution is 2.55. The fourth-order valence-corrected chi connectivity index (χ4v) is 4.45. The lowest BCUT2D eigenvalue weighted by atomic mass is 9.96. The second kappa shape index (κ2) is 7.40. The number of rotatable bonds is 7. The summed E-state index contributed by atoms with van der Waals surface area (Å²) >= 11 is 0. The number of hydrogen-bond acceptors (Lipinski definition) is 4. The molecular formula is C26H30FN3O. The Morgan fingerprint density at radius 1 is 1.23 bits per heavy atom. The van der Waals surface area contributed by atoms with Crippen molar-refractivity contribution in [1.29, 1.82) is 0 Å². The Hall–Kier alpha value is -2.82. The first-order chi connectivity index (χ1) is 14.9. The number of nitrogens with one attached hydrogen (secondary N) is 1. The molecule has 2 atom stereocenters. The van der Waals surface area contributed by atoms with Crippen molar-refractivity contribution >= 4 is 11.4 Å². The molecule has 2 saturated carbocycles. The molecule has 0 radical (unpaired) electrons. The standard InChI is InChI=1S/C26H30FN3O/c1-5-24(31-20-10-11-20)30-15-18-14-21(18)25-22(30)12-13-23(28-25)26(3,4)29-16(2)17-6-8-19(27)9-7-17/h5-9,12-13,18,20-21,29H,2,10-11,14-15H2,1,3-4H3/b24-5+. The van der Waals surface area contributed by atoms with Crippen LogP contribution in [0.5, 0.6) is 0 Å². The van der Waals surface area contributed by atoms with Crippen molar-refractivity contribution in [3.05, 3.63) is 77.7 Å². The zero-order valence-corrected chi connectivity index (χ0v) is 18.5. The molecule has 2 fully saturated rings. The number of fused-ring (bicyclic) bond motifs is 3. The van der Waals surface area contributed by atoms with Gasteiger partial charge in [0, 0.05) is 18.2 Å². The van der Waals surface area contributed by atoms with E-state index < -0.39 is 5.54 Å². The quantitative estimate of drug-likeness (QED) is 0.586. The second-order valence-corrected chi connectivity index (χ2v) is 9.49. The minimum atomic E-state index is -0.416. The van der Waals surface area contributed by atoms with Crippen LogP contribution >= 0.6 is 0 Å². The van der Waals surface area contributed by atoms with E-state index in [4.69, 9.17) is 9.72 Å². The number of halogens is 1. The van der Waals surface area contributed by atoms with Crippen LogP contribution < -0.4 is 10.2 Å². The molecule has 1 aromatic carbocycles. The van der Waals surface area contributed by atoms with E-state index in [2.05, 4.69) is 48.9 Å². The van der Waals surface area contributed by atoms with Crippen LogP contribution in [0.3, 0.4) is 0 Å². The van der Waals surface area contributed by atoms with E-state index in [0.717, 1.165) is 42.2 Å². The topological polar surface area (TPSA) is 37.4 Å². The third-order valence-corrected chi connectivity index (χ3v) is 6.51. The summed E-state index contributed by atoms with van der Waals surface area (Å²) in [5.74, 6) is 1.91. The maximum atomic E-state index is 13.3. The molecule has 0 saturated heterocycles. The summed E-state index contributed by atoms with van der Waals surface area (Å²) in [5, 5.41) is 3.49. The number of pyridine rings is 1. The summed E-state index contributed by atoms with van der Waals surface area (Å²) in [5.41, 5.74) is 4.54. The molecule has 1 aliphatic heterocycles. The fraction of sp³-hybridized carbons (Fsp3) is 0.423. The maximum Gasteiger partial charge on any atom is 0.189 e. The van der Waals surface area contributed by atoms with Gasteiger partial charge in [0.05, 0.1) is 22.6 Å². The van der Waals surface area contributed by atoms with Crippen LogP contribution in [-0.4, -0.2) is 17.6 Å². The van der Waals surface area contributed by atoms with Crippen molar-refractivity contribution < 1.29 is 9.13 Å². The number of benzene rings is 1. The summed E-state index contributed by atoms with van der Waals surface area (Å²) in [6.07, 6.45) is 5.95. The summed E-state index contributed by atoms with van der Waals surface area (Å²) in [6.45, 7) is 11.4. The van der Waals surface area contributed by atoms with E-state index in [1.807, 2.05) is 6.92 Å². The van der Waals surface area contributed by atoms with Gasteiger partial charge in [-0.25, -0.2) is 4.39 Å². The highest BCUT2D eigenvalue weighted by Gasteiger charge is 2.48. The van der Waals surface area contributed by atoms with E-state index in [0.29, 0.717) is 17.9 Å². The van der Waals surface area contributed by atoms with Gasteiger partial charge < -0.3 is 15.0 Å². The van der Waals surface area contributed by atoms with Gasteiger partial charge in [-0.3, -0.25) is 4.98 Å². The summed E-state index contributed by atoms with van der Waals surface area (Å²) in [7, 11) is 0. The van der Waals surface area contributed by atoms with Crippen molar-refractivity contribution in [3.63, 3.8) is 0 Å². The van der Waals surface area contributed by atoms with Crippen LogP contribution in [0.2, 0.25) is 0 Å². The molecular weight excluding hydrogens is 389 g/mol. The first kappa shape index (κ1) is 20.1. The molecule has 0 spiro atoms. The summed E-state index contributed by atoms with van der Waals surface area (Å²) in [6, 6.07) is 10.7. The molecule has 1 aromatic heterocycles. The normalized spacial score (nSPS) is 22.5. The van der Waals surface area contributed by atoms with Crippen LogP contribution in [0.15, 0.2) is 54.9 Å². The Balaban J connectivity index is 1.40. The average Bonchev–Trinajstić information content (AvgIpc) is 3.66. The van der Waals surface area contributed by atoms with E-state index in [1.54, 1.807) is 12.1 Å². The van der Waals surface area contributed by atoms with Gasteiger partial charge in [-0.2, -0.15) is 0 Å². The zero-order valence-electron chi connectivity index (χ0n) is 18.5. The van der Waals surface area contributed by atoms with E-state index >= 15 is 0 Å². The number of nitrogens with zero attached hydrogens (tertiary/aromatic N) is 2. The lowest BCUT2D eigenvalue weighted by Gasteiger charge is -2.34. The van der Waals surface area contributed by atoms with Crippen LogP contribution in [0.25, 0.3) is 5.70 Å². The third-order valence-electron chi connectivity index (χ3n) is 6.51. The molecule has 2 aromatic rings. The van der Waals surface area contributed by atoms with Crippen molar-refractivity contribution in [3.8, 4) is 0 Å². The third kappa shape index (κ3) is 3.93. The predicted molar refractivity (Wildman–Crippen MR) is 122 cm³/mol. The lowest BCUT2D eigenvalue weighted by Crippen LogP contribution is -2.37. The molecule has 2 aliphatic carbocycles. The van der Waals surface area contributed by atoms with Crippen LogP contribution in [-0.2, 0) is 10.3 Å². The van der Waals surface area contributed by atoms with Gasteiger partial charge in [0.25, 0.3) is 0 Å². The fourth-order valence-electron chi connectivity index (χ4n) is 4.45. The van der Waals surface area contributed by atoms with Crippen molar-refractivity contribution in [2.45, 2.75) is 57.6 Å². The highest BCUT2D eigenvalue weighted by atomic mass is 19.1. The predicted octanol–water partition coefficient (Wildman–Crippen LogP) is 5.68. The number of ether oxygens (including phenoxy) is 1. The average molecular weight is 420 g/mol. The van der Waals surface area contributed by atoms with E-state index in [-0.39, 0.29) is 5.82 Å². The van der Waals surface area contributed by atoms with Gasteiger partial charge in [0.1, 0.15) is 11.9 Å². The molecule has 2 unspecified atom stereocenters. The second-order valence-electron chi connectivity index (χ2n) is 9.49. The molecule has 1 N–H and O–H groups in total. The van der Waals surface area contributed by atoms with Gasteiger partial charge in [0.2, 0.25) is 0 Å². The first-order valence-electron chi connectivity index (χ1n) is 11.2. The van der Waals surface area contributed by atoms with Crippen LogP contribution in [0, 0.1) is 11.7 Å². The monoisotopic (exact) mass is 419 g/mol.